The zero-order valence-corrected chi connectivity index (χ0v) is 13.2. The molecular formula is C11H16F3N3O2S2. The molecule has 1 aromatic heterocycles. The Morgan fingerprint density at radius 3 is 2.52 bits per heavy atom. The minimum atomic E-state index is -4.64. The molecule has 0 aromatic carbocycles. The Balaban J connectivity index is 2.91. The number of hydrogen-bond donors (Lipinski definition) is 1. The second kappa shape index (κ2) is 7.30. The van der Waals surface area contributed by atoms with Crippen molar-refractivity contribution in [2.45, 2.75) is 24.5 Å². The van der Waals surface area contributed by atoms with E-state index in [1.54, 1.807) is 0 Å². The molecule has 0 fully saturated rings. The van der Waals surface area contributed by atoms with Crippen LogP contribution in [-0.2, 0) is 16.0 Å². The number of anilines is 1. The molecule has 0 aliphatic carbocycles. The Hall–Kier alpha value is -1.03. The van der Waals surface area contributed by atoms with Gasteiger partial charge in [0.1, 0.15) is 20.7 Å². The van der Waals surface area contributed by atoms with E-state index < -0.39 is 21.8 Å². The highest BCUT2D eigenvalue weighted by molar-refractivity contribution is 8.00. The summed E-state index contributed by atoms with van der Waals surface area (Å²) in [6.45, 7) is 2.36. The first-order chi connectivity index (χ1) is 9.62. The number of aromatic nitrogens is 2. The van der Waals surface area contributed by atoms with Crippen molar-refractivity contribution >= 4 is 27.4 Å². The molecule has 0 unspecified atom stereocenters. The first-order valence-corrected chi connectivity index (χ1v) is 9.17. The summed E-state index contributed by atoms with van der Waals surface area (Å²) in [5, 5.41) is 2.87. The van der Waals surface area contributed by atoms with E-state index in [2.05, 4.69) is 15.3 Å². The molecule has 1 N–H and O–H groups in total. The third-order valence-corrected chi connectivity index (χ3v) is 4.33. The van der Waals surface area contributed by atoms with E-state index >= 15 is 0 Å². The zero-order valence-electron chi connectivity index (χ0n) is 11.6. The fraction of sp³-hybridized carbons (Fsp3) is 0.636. The Morgan fingerprint density at radius 1 is 1.33 bits per heavy atom. The van der Waals surface area contributed by atoms with Crippen molar-refractivity contribution in [3.05, 3.63) is 11.9 Å². The molecule has 1 heterocycles. The van der Waals surface area contributed by atoms with Crippen LogP contribution in [0.3, 0.4) is 0 Å². The monoisotopic (exact) mass is 343 g/mol. The smallest absolute Gasteiger partial charge is 0.370 e. The predicted octanol–water partition coefficient (Wildman–Crippen LogP) is 2.45. The van der Waals surface area contributed by atoms with Gasteiger partial charge in [0.05, 0.1) is 5.75 Å². The van der Waals surface area contributed by atoms with E-state index in [0.29, 0.717) is 6.54 Å². The Bertz CT molecular complexity index is 577. The first kappa shape index (κ1) is 18.0. The van der Waals surface area contributed by atoms with E-state index in [1.807, 2.05) is 6.92 Å². The van der Waals surface area contributed by atoms with Crippen LogP contribution in [0.2, 0.25) is 0 Å². The topological polar surface area (TPSA) is 72.0 Å². The lowest BCUT2D eigenvalue weighted by Crippen LogP contribution is -2.14. The van der Waals surface area contributed by atoms with Crippen molar-refractivity contribution in [2.24, 2.45) is 0 Å². The molecule has 0 spiro atoms. The van der Waals surface area contributed by atoms with E-state index in [9.17, 15) is 21.6 Å². The van der Waals surface area contributed by atoms with Crippen LogP contribution in [0.15, 0.2) is 11.1 Å². The number of nitrogens with one attached hydrogen (secondary N) is 1. The molecule has 0 saturated heterocycles. The molecular weight excluding hydrogens is 327 g/mol. The number of halogens is 3. The van der Waals surface area contributed by atoms with Crippen molar-refractivity contribution in [3.8, 4) is 0 Å². The molecule has 0 amide bonds. The van der Waals surface area contributed by atoms with E-state index in [1.165, 1.54) is 6.07 Å². The second-order valence-corrected chi connectivity index (χ2v) is 7.69. The third kappa shape index (κ3) is 6.98. The maximum atomic E-state index is 12.7. The number of alkyl halides is 3. The van der Waals surface area contributed by atoms with Crippen LogP contribution in [-0.4, -0.2) is 42.7 Å². The standard InChI is InChI=1S/C11H16F3N3O2S2/c1-3-4-15-8-7-9(20-5-6-21(2,18)19)17-10(16-8)11(12,13)14/h7H,3-6H2,1-2H3,(H,15,16,17). The summed E-state index contributed by atoms with van der Waals surface area (Å²) in [6, 6.07) is 1.39. The van der Waals surface area contributed by atoms with Crippen molar-refractivity contribution < 1.29 is 21.6 Å². The Labute approximate surface area is 125 Å². The SMILES string of the molecule is CCCNc1cc(SCCS(C)(=O)=O)nc(C(F)(F)F)n1. The summed E-state index contributed by atoms with van der Waals surface area (Å²) in [5.74, 6) is -1.13. The van der Waals surface area contributed by atoms with Gasteiger partial charge in [-0.15, -0.1) is 11.8 Å². The Kier molecular flexibility index (Phi) is 6.26. The molecule has 0 aliphatic heterocycles. The van der Waals surface area contributed by atoms with Crippen LogP contribution >= 0.6 is 11.8 Å². The van der Waals surface area contributed by atoms with Gasteiger partial charge in [-0.1, -0.05) is 6.92 Å². The summed E-state index contributed by atoms with van der Waals surface area (Å²) in [6.07, 6.45) is -2.83. The van der Waals surface area contributed by atoms with Gasteiger partial charge in [0.15, 0.2) is 0 Å². The summed E-state index contributed by atoms with van der Waals surface area (Å²) in [7, 11) is -3.16. The lowest BCUT2D eigenvalue weighted by molar-refractivity contribution is -0.145. The molecule has 0 saturated carbocycles. The molecule has 0 aliphatic rings. The number of nitrogens with zero attached hydrogens (tertiary/aromatic N) is 2. The lowest BCUT2D eigenvalue weighted by Gasteiger charge is -2.11. The minimum Gasteiger partial charge on any atom is -0.370 e. The zero-order chi connectivity index (χ0) is 16.1. The van der Waals surface area contributed by atoms with Crippen LogP contribution in [0.4, 0.5) is 19.0 Å². The molecule has 0 bridgehead atoms. The van der Waals surface area contributed by atoms with Crippen LogP contribution < -0.4 is 5.32 Å². The molecule has 10 heteroatoms. The third-order valence-electron chi connectivity index (χ3n) is 2.22. The van der Waals surface area contributed by atoms with Gasteiger partial charge in [-0.25, -0.2) is 18.4 Å². The fourth-order valence-electron chi connectivity index (χ4n) is 1.27. The van der Waals surface area contributed by atoms with E-state index in [4.69, 9.17) is 0 Å². The van der Waals surface area contributed by atoms with Gasteiger partial charge in [-0.2, -0.15) is 13.2 Å². The van der Waals surface area contributed by atoms with Crippen molar-refractivity contribution in [2.75, 3.05) is 29.6 Å². The van der Waals surface area contributed by atoms with Crippen LogP contribution in [0.25, 0.3) is 0 Å². The fourth-order valence-corrected chi connectivity index (χ4v) is 3.37. The largest absolute Gasteiger partial charge is 0.451 e. The van der Waals surface area contributed by atoms with Gasteiger partial charge in [0, 0.05) is 24.6 Å². The quantitative estimate of drug-likeness (QED) is 0.606. The predicted molar refractivity (Wildman–Crippen MR) is 76.2 cm³/mol. The molecule has 0 radical (unpaired) electrons. The number of sulfone groups is 1. The average Bonchev–Trinajstić information content (AvgIpc) is 2.33. The lowest BCUT2D eigenvalue weighted by atomic mass is 10.4. The number of thioether (sulfide) groups is 1. The molecule has 1 aromatic rings. The Morgan fingerprint density at radius 2 is 2.00 bits per heavy atom. The van der Waals surface area contributed by atoms with Crippen molar-refractivity contribution in [1.82, 2.24) is 9.97 Å². The van der Waals surface area contributed by atoms with E-state index in [-0.39, 0.29) is 22.3 Å². The molecule has 0 atom stereocenters. The van der Waals surface area contributed by atoms with Gasteiger partial charge < -0.3 is 5.32 Å². The maximum absolute atomic E-state index is 12.7. The van der Waals surface area contributed by atoms with Crippen LogP contribution in [0, 0.1) is 0 Å². The van der Waals surface area contributed by atoms with Crippen LogP contribution in [0.1, 0.15) is 19.2 Å². The first-order valence-electron chi connectivity index (χ1n) is 6.12. The molecule has 21 heavy (non-hydrogen) atoms. The average molecular weight is 343 g/mol. The molecule has 1 rings (SSSR count). The molecule has 5 nitrogen and oxygen atoms in total. The highest BCUT2D eigenvalue weighted by Crippen LogP contribution is 2.29. The van der Waals surface area contributed by atoms with Gasteiger partial charge in [-0.05, 0) is 6.42 Å². The normalized spacial score (nSPS) is 12.4. The summed E-state index contributed by atoms with van der Waals surface area (Å²) >= 11 is 0.955. The van der Waals surface area contributed by atoms with Gasteiger partial charge >= 0.3 is 6.18 Å². The van der Waals surface area contributed by atoms with Crippen molar-refractivity contribution in [3.63, 3.8) is 0 Å². The highest BCUT2D eigenvalue weighted by atomic mass is 32.2. The van der Waals surface area contributed by atoms with Gasteiger partial charge in [0.25, 0.3) is 0 Å². The maximum Gasteiger partial charge on any atom is 0.451 e. The molecule has 120 valence electrons. The van der Waals surface area contributed by atoms with Gasteiger partial charge in [0.2, 0.25) is 5.82 Å². The van der Waals surface area contributed by atoms with Gasteiger partial charge in [-0.3, -0.25) is 0 Å². The summed E-state index contributed by atoms with van der Waals surface area (Å²) in [4.78, 5) is 6.84. The highest BCUT2D eigenvalue weighted by Gasteiger charge is 2.35. The number of hydrogen-bond acceptors (Lipinski definition) is 6. The second-order valence-electron chi connectivity index (χ2n) is 4.32. The van der Waals surface area contributed by atoms with Crippen molar-refractivity contribution in [1.29, 1.82) is 0 Å². The summed E-state index contributed by atoms with van der Waals surface area (Å²) < 4.78 is 60.2. The van der Waals surface area contributed by atoms with E-state index in [0.717, 1.165) is 24.4 Å². The summed E-state index contributed by atoms with van der Waals surface area (Å²) in [5.41, 5.74) is 0. The minimum absolute atomic E-state index is 0.0843. The number of rotatable bonds is 7. The van der Waals surface area contributed by atoms with Crippen LogP contribution in [0.5, 0.6) is 0 Å².